The Kier molecular flexibility index (Phi) is 2.94. The molecule has 0 radical (unpaired) electrons. The van der Waals surface area contributed by atoms with E-state index in [1.54, 1.807) is 0 Å². The van der Waals surface area contributed by atoms with Gasteiger partial charge in [-0.25, -0.2) is 8.78 Å². The van der Waals surface area contributed by atoms with E-state index in [-0.39, 0.29) is 10.6 Å². The summed E-state index contributed by atoms with van der Waals surface area (Å²) in [5.41, 5.74) is 5.40. The van der Waals surface area contributed by atoms with Gasteiger partial charge in [0.15, 0.2) is 0 Å². The molecule has 0 amide bonds. The monoisotopic (exact) mass is 192 g/mol. The molecular formula is C7H7ClF2N2. The highest BCUT2D eigenvalue weighted by Gasteiger charge is 2.19. The third-order valence-electron chi connectivity index (χ3n) is 1.43. The number of rotatable bonds is 2. The molecule has 1 atom stereocenters. The number of halogens is 3. The SMILES string of the molecule is NC(c1ccncc1Cl)C(F)F. The van der Waals surface area contributed by atoms with Crippen LogP contribution in [0.2, 0.25) is 5.02 Å². The maximum Gasteiger partial charge on any atom is 0.257 e. The number of hydrogen-bond acceptors (Lipinski definition) is 2. The minimum Gasteiger partial charge on any atom is -0.319 e. The van der Waals surface area contributed by atoms with Gasteiger partial charge < -0.3 is 5.73 Å². The molecule has 1 heterocycles. The molecule has 0 bridgehead atoms. The lowest BCUT2D eigenvalue weighted by Crippen LogP contribution is -2.19. The molecule has 2 N–H and O–H groups in total. The summed E-state index contributed by atoms with van der Waals surface area (Å²) in [5, 5.41) is 0.172. The number of aromatic nitrogens is 1. The van der Waals surface area contributed by atoms with Crippen molar-refractivity contribution in [3.8, 4) is 0 Å². The molecule has 1 aromatic rings. The number of pyridine rings is 1. The van der Waals surface area contributed by atoms with E-state index in [9.17, 15) is 8.78 Å². The summed E-state index contributed by atoms with van der Waals surface area (Å²) in [7, 11) is 0. The molecule has 1 aromatic heterocycles. The van der Waals surface area contributed by atoms with Gasteiger partial charge in [-0.1, -0.05) is 11.6 Å². The minimum atomic E-state index is -2.61. The number of hydrogen-bond donors (Lipinski definition) is 1. The first kappa shape index (κ1) is 9.35. The van der Waals surface area contributed by atoms with Crippen LogP contribution in [0.15, 0.2) is 18.5 Å². The Balaban J connectivity index is 2.94. The van der Waals surface area contributed by atoms with Crippen molar-refractivity contribution >= 4 is 11.6 Å². The van der Waals surface area contributed by atoms with Gasteiger partial charge in [0, 0.05) is 12.4 Å². The molecular weight excluding hydrogens is 186 g/mol. The molecule has 12 heavy (non-hydrogen) atoms. The molecule has 0 spiro atoms. The topological polar surface area (TPSA) is 38.9 Å². The lowest BCUT2D eigenvalue weighted by molar-refractivity contribution is 0.116. The molecule has 66 valence electrons. The summed E-state index contributed by atoms with van der Waals surface area (Å²) < 4.78 is 24.2. The standard InChI is InChI=1S/C7H7ClF2N2/c8-5-3-12-2-1-4(5)6(11)7(9)10/h1-3,6-7H,11H2. The van der Waals surface area contributed by atoms with Gasteiger partial charge >= 0.3 is 0 Å². The minimum absolute atomic E-state index is 0.172. The fraction of sp³-hybridized carbons (Fsp3) is 0.286. The molecule has 0 aliphatic rings. The van der Waals surface area contributed by atoms with Gasteiger partial charge in [-0.05, 0) is 11.6 Å². The summed E-state index contributed by atoms with van der Waals surface area (Å²) in [6.45, 7) is 0. The van der Waals surface area contributed by atoms with Gasteiger partial charge in [-0.3, -0.25) is 4.98 Å². The van der Waals surface area contributed by atoms with Crippen LogP contribution in [0.1, 0.15) is 11.6 Å². The van der Waals surface area contributed by atoms with Crippen molar-refractivity contribution in [1.82, 2.24) is 4.98 Å². The molecule has 1 unspecified atom stereocenters. The van der Waals surface area contributed by atoms with Gasteiger partial charge in [0.25, 0.3) is 6.43 Å². The van der Waals surface area contributed by atoms with E-state index in [0.717, 1.165) is 0 Å². The Morgan fingerprint density at radius 1 is 1.50 bits per heavy atom. The first-order chi connectivity index (χ1) is 5.63. The molecule has 1 rings (SSSR count). The molecule has 5 heteroatoms. The molecule has 0 aliphatic heterocycles. The second kappa shape index (κ2) is 3.78. The average molecular weight is 193 g/mol. The predicted octanol–water partition coefficient (Wildman–Crippen LogP) is 2.00. The zero-order valence-electron chi connectivity index (χ0n) is 6.05. The van der Waals surface area contributed by atoms with Crippen LogP contribution in [0.3, 0.4) is 0 Å². The van der Waals surface area contributed by atoms with Crippen molar-refractivity contribution in [2.45, 2.75) is 12.5 Å². The van der Waals surface area contributed by atoms with Crippen molar-refractivity contribution in [3.05, 3.63) is 29.0 Å². The Morgan fingerprint density at radius 2 is 2.17 bits per heavy atom. The molecule has 0 saturated carbocycles. The van der Waals surface area contributed by atoms with E-state index >= 15 is 0 Å². The zero-order chi connectivity index (χ0) is 9.14. The Bertz CT molecular complexity index is 267. The van der Waals surface area contributed by atoms with Gasteiger partial charge in [-0.2, -0.15) is 0 Å². The summed E-state index contributed by atoms with van der Waals surface area (Å²) in [5.74, 6) is 0. The summed E-state index contributed by atoms with van der Waals surface area (Å²) in [6.07, 6.45) is 0.0627. The maximum absolute atomic E-state index is 12.1. The number of nitrogens with two attached hydrogens (primary N) is 1. The van der Waals surface area contributed by atoms with E-state index < -0.39 is 12.5 Å². The lowest BCUT2D eigenvalue weighted by Gasteiger charge is -2.11. The lowest BCUT2D eigenvalue weighted by atomic mass is 10.1. The van der Waals surface area contributed by atoms with E-state index in [0.29, 0.717) is 0 Å². The Labute approximate surface area is 73.4 Å². The summed E-state index contributed by atoms with van der Waals surface area (Å²) >= 11 is 5.59. The van der Waals surface area contributed by atoms with Crippen LogP contribution >= 0.6 is 11.6 Å². The fourth-order valence-corrected chi connectivity index (χ4v) is 1.04. The van der Waals surface area contributed by atoms with Crippen molar-refractivity contribution < 1.29 is 8.78 Å². The predicted molar refractivity (Wildman–Crippen MR) is 42.2 cm³/mol. The van der Waals surface area contributed by atoms with Crippen molar-refractivity contribution in [2.24, 2.45) is 5.73 Å². The quantitative estimate of drug-likeness (QED) is 0.779. The van der Waals surface area contributed by atoms with Gasteiger partial charge in [-0.15, -0.1) is 0 Å². The molecule has 2 nitrogen and oxygen atoms in total. The third-order valence-corrected chi connectivity index (χ3v) is 1.75. The number of nitrogens with zero attached hydrogens (tertiary/aromatic N) is 1. The van der Waals surface area contributed by atoms with Gasteiger partial charge in [0.1, 0.15) is 0 Å². The molecule has 0 fully saturated rings. The molecule has 0 saturated heterocycles. The zero-order valence-corrected chi connectivity index (χ0v) is 6.80. The first-order valence-electron chi connectivity index (χ1n) is 3.26. The van der Waals surface area contributed by atoms with Crippen LogP contribution in [0.25, 0.3) is 0 Å². The van der Waals surface area contributed by atoms with E-state index in [1.807, 2.05) is 0 Å². The first-order valence-corrected chi connectivity index (χ1v) is 3.64. The van der Waals surface area contributed by atoms with Crippen LogP contribution in [-0.2, 0) is 0 Å². The third kappa shape index (κ3) is 1.89. The smallest absolute Gasteiger partial charge is 0.257 e. The Hall–Kier alpha value is -0.740. The largest absolute Gasteiger partial charge is 0.319 e. The van der Waals surface area contributed by atoms with Crippen molar-refractivity contribution in [3.63, 3.8) is 0 Å². The van der Waals surface area contributed by atoms with Crippen LogP contribution in [0.5, 0.6) is 0 Å². The van der Waals surface area contributed by atoms with Crippen LogP contribution in [0, 0.1) is 0 Å². The van der Waals surface area contributed by atoms with Crippen LogP contribution in [-0.4, -0.2) is 11.4 Å². The summed E-state index contributed by atoms with van der Waals surface area (Å²) in [6, 6.07) is 0.0552. The average Bonchev–Trinajstić information content (AvgIpc) is 2.04. The van der Waals surface area contributed by atoms with E-state index in [2.05, 4.69) is 4.98 Å². The molecule has 0 aliphatic carbocycles. The highest BCUT2D eigenvalue weighted by Crippen LogP contribution is 2.23. The second-order valence-corrected chi connectivity index (χ2v) is 2.66. The fourth-order valence-electron chi connectivity index (χ4n) is 0.792. The second-order valence-electron chi connectivity index (χ2n) is 2.26. The highest BCUT2D eigenvalue weighted by atomic mass is 35.5. The Morgan fingerprint density at radius 3 is 2.67 bits per heavy atom. The van der Waals surface area contributed by atoms with Gasteiger partial charge in [0.05, 0.1) is 11.1 Å². The summed E-state index contributed by atoms with van der Waals surface area (Å²) in [4.78, 5) is 3.65. The number of alkyl halides is 2. The van der Waals surface area contributed by atoms with Crippen LogP contribution < -0.4 is 5.73 Å². The van der Waals surface area contributed by atoms with Crippen molar-refractivity contribution in [2.75, 3.05) is 0 Å². The highest BCUT2D eigenvalue weighted by molar-refractivity contribution is 6.31. The van der Waals surface area contributed by atoms with E-state index in [1.165, 1.54) is 18.5 Å². The van der Waals surface area contributed by atoms with E-state index in [4.69, 9.17) is 17.3 Å². The van der Waals surface area contributed by atoms with Crippen molar-refractivity contribution in [1.29, 1.82) is 0 Å². The van der Waals surface area contributed by atoms with Crippen LogP contribution in [0.4, 0.5) is 8.78 Å². The normalized spacial score (nSPS) is 13.4. The van der Waals surface area contributed by atoms with Gasteiger partial charge in [0.2, 0.25) is 0 Å². The maximum atomic E-state index is 12.1. The molecule has 0 aromatic carbocycles.